The number of Topliss-reactive ketones (excluding diaryl/α,β-unsaturated/α-hetero) is 1. The summed E-state index contributed by atoms with van der Waals surface area (Å²) in [5, 5.41) is 1.91. The predicted octanol–water partition coefficient (Wildman–Crippen LogP) is 5.41. The molecule has 1 unspecified atom stereocenters. The maximum Gasteiger partial charge on any atom is 0.142 e. The highest BCUT2D eigenvalue weighted by Gasteiger charge is 2.15. The van der Waals surface area contributed by atoms with Gasteiger partial charge >= 0.3 is 0 Å². The third-order valence-corrected chi connectivity index (χ3v) is 5.56. The lowest BCUT2D eigenvalue weighted by Gasteiger charge is -2.07. The molecule has 1 atom stereocenters. The Morgan fingerprint density at radius 3 is 2.61 bits per heavy atom. The Kier molecular flexibility index (Phi) is 4.79. The maximum atomic E-state index is 11.6. The number of ketones is 1. The highest BCUT2D eigenvalue weighted by molar-refractivity contribution is 8.00. The molecule has 0 saturated heterocycles. The average Bonchev–Trinajstić information content (AvgIpc) is 2.88. The molecule has 0 N–H and O–H groups in total. The van der Waals surface area contributed by atoms with Crippen molar-refractivity contribution in [3.63, 3.8) is 0 Å². The minimum absolute atomic E-state index is 0.0467. The first kappa shape index (κ1) is 16.2. The molecule has 0 amide bonds. The largest absolute Gasteiger partial charge is 0.342 e. The molecule has 118 valence electrons. The van der Waals surface area contributed by atoms with E-state index >= 15 is 0 Å². The zero-order chi connectivity index (χ0) is 16.4. The zero-order valence-electron chi connectivity index (χ0n) is 13.1. The fourth-order valence-corrected chi connectivity index (χ4v) is 3.75. The number of hydrogen-bond donors (Lipinski definition) is 0. The fraction of sp³-hybridized carbons (Fsp3) is 0.211. The van der Waals surface area contributed by atoms with Gasteiger partial charge in [0.1, 0.15) is 5.78 Å². The van der Waals surface area contributed by atoms with E-state index in [1.54, 1.807) is 18.7 Å². The van der Waals surface area contributed by atoms with E-state index in [-0.39, 0.29) is 11.0 Å². The van der Waals surface area contributed by atoms with Gasteiger partial charge in [-0.2, -0.15) is 0 Å². The average molecular weight is 344 g/mol. The first-order valence-corrected chi connectivity index (χ1v) is 8.80. The van der Waals surface area contributed by atoms with Crippen LogP contribution in [0.4, 0.5) is 0 Å². The van der Waals surface area contributed by atoms with E-state index in [1.165, 1.54) is 5.39 Å². The summed E-state index contributed by atoms with van der Waals surface area (Å²) >= 11 is 7.91. The predicted molar refractivity (Wildman–Crippen MR) is 98.5 cm³/mol. The molecular weight excluding hydrogens is 326 g/mol. The molecule has 3 rings (SSSR count). The molecule has 3 aromatic rings. The summed E-state index contributed by atoms with van der Waals surface area (Å²) in [4.78, 5) is 12.7. The van der Waals surface area contributed by atoms with Gasteiger partial charge in [-0.15, -0.1) is 11.8 Å². The molecule has 1 heterocycles. The van der Waals surface area contributed by atoms with Crippen LogP contribution in [0, 0.1) is 0 Å². The number of thioether (sulfide) groups is 1. The fourth-order valence-electron chi connectivity index (χ4n) is 2.52. The topological polar surface area (TPSA) is 22.0 Å². The van der Waals surface area contributed by atoms with Crippen LogP contribution in [-0.4, -0.2) is 15.6 Å². The van der Waals surface area contributed by atoms with Crippen LogP contribution in [-0.2, 0) is 11.3 Å². The number of rotatable bonds is 5. The standard InChI is InChI=1S/C19H18ClNOS/c1-13(22)14(2)23-19-12-21(18-10-6-4-8-16(18)19)11-15-7-3-5-9-17(15)20/h3-10,12,14H,11H2,1-2H3. The normalized spacial score (nSPS) is 12.5. The number of fused-ring (bicyclic) bond motifs is 1. The van der Waals surface area contributed by atoms with Crippen LogP contribution >= 0.6 is 23.4 Å². The Morgan fingerprint density at radius 1 is 1.17 bits per heavy atom. The molecule has 0 fully saturated rings. The number of para-hydroxylation sites is 1. The van der Waals surface area contributed by atoms with Crippen molar-refractivity contribution in [2.45, 2.75) is 30.5 Å². The summed E-state index contributed by atoms with van der Waals surface area (Å²) in [6.45, 7) is 4.31. The van der Waals surface area contributed by atoms with Gasteiger partial charge in [0.15, 0.2) is 0 Å². The lowest BCUT2D eigenvalue weighted by atomic mass is 10.2. The van der Waals surface area contributed by atoms with Gasteiger partial charge in [0.25, 0.3) is 0 Å². The second-order valence-electron chi connectivity index (χ2n) is 5.60. The Labute approximate surface area is 145 Å². The number of carbonyl (C=O) groups is 1. The number of aromatic nitrogens is 1. The maximum absolute atomic E-state index is 11.6. The quantitative estimate of drug-likeness (QED) is 0.577. The molecule has 1 aromatic heterocycles. The SMILES string of the molecule is CC(=O)C(C)Sc1cn(Cc2ccccc2Cl)c2ccccc12. The summed E-state index contributed by atoms with van der Waals surface area (Å²) in [6, 6.07) is 16.2. The second kappa shape index (κ2) is 6.81. The Bertz CT molecular complexity index is 855. The van der Waals surface area contributed by atoms with Crippen molar-refractivity contribution >= 4 is 40.0 Å². The number of halogens is 1. The first-order chi connectivity index (χ1) is 11.1. The van der Waals surface area contributed by atoms with E-state index in [9.17, 15) is 4.79 Å². The first-order valence-electron chi connectivity index (χ1n) is 7.54. The lowest BCUT2D eigenvalue weighted by Crippen LogP contribution is -2.07. The zero-order valence-corrected chi connectivity index (χ0v) is 14.7. The summed E-state index contributed by atoms with van der Waals surface area (Å²) < 4.78 is 2.20. The molecule has 2 nitrogen and oxygen atoms in total. The van der Waals surface area contributed by atoms with Crippen LogP contribution in [0.2, 0.25) is 5.02 Å². The van der Waals surface area contributed by atoms with E-state index in [0.717, 1.165) is 27.5 Å². The molecule has 0 aliphatic rings. The van der Waals surface area contributed by atoms with E-state index in [1.807, 2.05) is 43.3 Å². The van der Waals surface area contributed by atoms with Crippen molar-refractivity contribution in [3.8, 4) is 0 Å². The molecule has 0 saturated carbocycles. The Hall–Kier alpha value is -1.71. The van der Waals surface area contributed by atoms with Crippen molar-refractivity contribution < 1.29 is 4.79 Å². The monoisotopic (exact) mass is 343 g/mol. The van der Waals surface area contributed by atoms with Gasteiger partial charge in [-0.3, -0.25) is 4.79 Å². The van der Waals surface area contributed by atoms with E-state index in [2.05, 4.69) is 22.9 Å². The highest BCUT2D eigenvalue weighted by atomic mass is 35.5. The van der Waals surface area contributed by atoms with Crippen LogP contribution in [0.1, 0.15) is 19.4 Å². The summed E-state index contributed by atoms with van der Waals surface area (Å²) in [5.74, 6) is 0.193. The van der Waals surface area contributed by atoms with Crippen molar-refractivity contribution in [2.24, 2.45) is 0 Å². The van der Waals surface area contributed by atoms with Crippen molar-refractivity contribution in [2.75, 3.05) is 0 Å². The number of nitrogens with zero attached hydrogens (tertiary/aromatic N) is 1. The van der Waals surface area contributed by atoms with Gasteiger partial charge in [0.2, 0.25) is 0 Å². The number of hydrogen-bond acceptors (Lipinski definition) is 2. The molecule has 4 heteroatoms. The number of carbonyl (C=O) groups excluding carboxylic acids is 1. The van der Waals surface area contributed by atoms with Gasteiger partial charge in [0, 0.05) is 33.6 Å². The smallest absolute Gasteiger partial charge is 0.142 e. The third kappa shape index (κ3) is 3.46. The van der Waals surface area contributed by atoms with E-state index in [4.69, 9.17) is 11.6 Å². The van der Waals surface area contributed by atoms with Gasteiger partial charge in [0.05, 0.1) is 5.25 Å². The Balaban J connectivity index is 2.01. The molecule has 2 aromatic carbocycles. The van der Waals surface area contributed by atoms with Crippen LogP contribution in [0.25, 0.3) is 10.9 Å². The summed E-state index contributed by atoms with van der Waals surface area (Å²) in [5.41, 5.74) is 2.25. The molecule has 0 radical (unpaired) electrons. The molecular formula is C19H18ClNOS. The second-order valence-corrected chi connectivity index (χ2v) is 7.39. The molecule has 0 aliphatic heterocycles. The third-order valence-electron chi connectivity index (χ3n) is 3.93. The van der Waals surface area contributed by atoms with E-state index in [0.29, 0.717) is 0 Å². The minimum Gasteiger partial charge on any atom is -0.342 e. The molecule has 0 aliphatic carbocycles. The van der Waals surface area contributed by atoms with Gasteiger partial charge in [-0.25, -0.2) is 0 Å². The minimum atomic E-state index is -0.0467. The molecule has 0 bridgehead atoms. The van der Waals surface area contributed by atoms with Crippen molar-refractivity contribution in [1.82, 2.24) is 4.57 Å². The van der Waals surface area contributed by atoms with Gasteiger partial charge in [-0.1, -0.05) is 48.0 Å². The Morgan fingerprint density at radius 2 is 1.87 bits per heavy atom. The van der Waals surface area contributed by atoms with E-state index < -0.39 is 0 Å². The van der Waals surface area contributed by atoms with Crippen LogP contribution in [0.5, 0.6) is 0 Å². The van der Waals surface area contributed by atoms with Crippen molar-refractivity contribution in [1.29, 1.82) is 0 Å². The number of benzene rings is 2. The summed E-state index contributed by atoms with van der Waals surface area (Å²) in [7, 11) is 0. The molecule has 0 spiro atoms. The summed E-state index contributed by atoms with van der Waals surface area (Å²) in [6.07, 6.45) is 2.12. The van der Waals surface area contributed by atoms with Gasteiger partial charge in [-0.05, 0) is 31.5 Å². The van der Waals surface area contributed by atoms with Gasteiger partial charge < -0.3 is 4.57 Å². The molecule has 23 heavy (non-hydrogen) atoms. The lowest BCUT2D eigenvalue weighted by molar-refractivity contribution is -0.116. The van der Waals surface area contributed by atoms with Crippen LogP contribution < -0.4 is 0 Å². The van der Waals surface area contributed by atoms with Crippen LogP contribution in [0.15, 0.2) is 59.6 Å². The van der Waals surface area contributed by atoms with Crippen molar-refractivity contribution in [3.05, 3.63) is 65.3 Å². The highest BCUT2D eigenvalue weighted by Crippen LogP contribution is 2.33. The van der Waals surface area contributed by atoms with Crippen LogP contribution in [0.3, 0.4) is 0 Å².